The minimum Gasteiger partial charge on any atom is -0.507 e. The van der Waals surface area contributed by atoms with Gasteiger partial charge in [0.2, 0.25) is 5.91 Å². The third-order valence-corrected chi connectivity index (χ3v) is 4.32. The van der Waals surface area contributed by atoms with Gasteiger partial charge in [0.05, 0.1) is 5.71 Å². The van der Waals surface area contributed by atoms with Crippen molar-refractivity contribution in [2.75, 3.05) is 5.75 Å². The summed E-state index contributed by atoms with van der Waals surface area (Å²) in [6, 6.07) is 14.4. The fraction of sp³-hybridized carbons (Fsp3) is 0.176. The molecule has 23 heavy (non-hydrogen) atoms. The summed E-state index contributed by atoms with van der Waals surface area (Å²) in [5, 5.41) is 14.4. The average molecular weight is 349 g/mol. The van der Waals surface area contributed by atoms with E-state index < -0.39 is 0 Å². The molecule has 2 rings (SSSR count). The Morgan fingerprint density at radius 2 is 1.91 bits per heavy atom. The molecule has 0 aliphatic rings. The number of halogens is 1. The first-order valence-corrected chi connectivity index (χ1v) is 8.42. The van der Waals surface area contributed by atoms with Crippen LogP contribution in [0.1, 0.15) is 18.9 Å². The molecule has 0 fully saturated rings. The number of carbonyl (C=O) groups is 1. The zero-order valence-electron chi connectivity index (χ0n) is 12.6. The Labute approximate surface area is 144 Å². The number of phenols is 1. The van der Waals surface area contributed by atoms with Crippen molar-refractivity contribution >= 4 is 35.0 Å². The van der Waals surface area contributed by atoms with E-state index in [0.29, 0.717) is 28.5 Å². The molecule has 0 unspecified atom stereocenters. The summed E-state index contributed by atoms with van der Waals surface area (Å²) in [6.07, 6.45) is 0.352. The van der Waals surface area contributed by atoms with Crippen LogP contribution >= 0.6 is 23.4 Å². The summed E-state index contributed by atoms with van der Waals surface area (Å²) in [5.74, 6) is 0.626. The third kappa shape index (κ3) is 5.62. The number of nitrogens with zero attached hydrogens (tertiary/aromatic N) is 1. The number of thioether (sulfide) groups is 1. The highest BCUT2D eigenvalue weighted by molar-refractivity contribution is 7.99. The van der Waals surface area contributed by atoms with Gasteiger partial charge in [-0.05, 0) is 43.3 Å². The first kappa shape index (κ1) is 17.4. The fourth-order valence-electron chi connectivity index (χ4n) is 1.83. The van der Waals surface area contributed by atoms with Crippen molar-refractivity contribution in [3.63, 3.8) is 0 Å². The molecule has 0 saturated carbocycles. The number of nitrogens with one attached hydrogen (secondary N) is 1. The average Bonchev–Trinajstić information content (AvgIpc) is 2.55. The van der Waals surface area contributed by atoms with Crippen LogP contribution in [0.4, 0.5) is 0 Å². The van der Waals surface area contributed by atoms with E-state index >= 15 is 0 Å². The molecule has 2 aromatic rings. The van der Waals surface area contributed by atoms with Gasteiger partial charge in [-0.1, -0.05) is 23.7 Å². The maximum absolute atomic E-state index is 11.8. The largest absolute Gasteiger partial charge is 0.507 e. The first-order chi connectivity index (χ1) is 11.1. The minimum atomic E-state index is -0.166. The Balaban J connectivity index is 1.79. The van der Waals surface area contributed by atoms with Crippen LogP contribution in [-0.2, 0) is 4.79 Å². The molecule has 0 radical (unpaired) electrons. The molecule has 0 aromatic heterocycles. The maximum atomic E-state index is 11.8. The molecular weight excluding hydrogens is 332 g/mol. The van der Waals surface area contributed by atoms with Gasteiger partial charge in [-0.2, -0.15) is 5.10 Å². The number of amides is 1. The summed E-state index contributed by atoms with van der Waals surface area (Å²) >= 11 is 7.41. The van der Waals surface area contributed by atoms with Crippen LogP contribution in [0.15, 0.2) is 58.5 Å². The molecular formula is C17H17ClN2O2S. The standard InChI is InChI=1S/C17H17ClN2O2S/c1-12(15-4-2-3-5-16(15)21)19-20-17(22)10-11-23-14-8-6-13(18)7-9-14/h2-9,21H,10-11H2,1H3,(H,20,22)/b19-12-. The van der Waals surface area contributed by atoms with E-state index in [9.17, 15) is 9.90 Å². The Morgan fingerprint density at radius 3 is 2.61 bits per heavy atom. The molecule has 0 aliphatic carbocycles. The van der Waals surface area contributed by atoms with E-state index in [-0.39, 0.29) is 11.7 Å². The molecule has 0 aliphatic heterocycles. The van der Waals surface area contributed by atoms with E-state index in [2.05, 4.69) is 10.5 Å². The predicted octanol–water partition coefficient (Wildman–Crippen LogP) is 4.07. The van der Waals surface area contributed by atoms with E-state index in [0.717, 1.165) is 4.90 Å². The lowest BCUT2D eigenvalue weighted by Crippen LogP contribution is -2.19. The van der Waals surface area contributed by atoms with Gasteiger partial charge >= 0.3 is 0 Å². The second kappa shape index (κ2) is 8.60. The molecule has 2 N–H and O–H groups in total. The van der Waals surface area contributed by atoms with Crippen LogP contribution in [0.2, 0.25) is 5.02 Å². The number of carbonyl (C=O) groups excluding carboxylic acids is 1. The van der Waals surface area contributed by atoms with Crippen molar-refractivity contribution in [1.29, 1.82) is 0 Å². The van der Waals surface area contributed by atoms with Crippen molar-refractivity contribution in [2.45, 2.75) is 18.2 Å². The van der Waals surface area contributed by atoms with E-state index in [1.807, 2.05) is 24.3 Å². The number of aromatic hydroxyl groups is 1. The molecule has 0 atom stereocenters. The molecule has 2 aromatic carbocycles. The summed E-state index contributed by atoms with van der Waals surface area (Å²) < 4.78 is 0. The zero-order valence-corrected chi connectivity index (χ0v) is 14.2. The highest BCUT2D eigenvalue weighted by Gasteiger charge is 2.05. The van der Waals surface area contributed by atoms with Crippen molar-refractivity contribution in [3.8, 4) is 5.75 Å². The zero-order chi connectivity index (χ0) is 16.7. The number of phenolic OH excluding ortho intramolecular Hbond substituents is 1. The van der Waals surface area contributed by atoms with Crippen LogP contribution in [0, 0.1) is 0 Å². The molecule has 0 heterocycles. The lowest BCUT2D eigenvalue weighted by atomic mass is 10.1. The number of rotatable bonds is 6. The van der Waals surface area contributed by atoms with Gasteiger partial charge < -0.3 is 5.11 Å². The smallest absolute Gasteiger partial charge is 0.240 e. The first-order valence-electron chi connectivity index (χ1n) is 7.06. The second-order valence-corrected chi connectivity index (χ2v) is 6.41. The minimum absolute atomic E-state index is 0.140. The number of hydrazone groups is 1. The van der Waals surface area contributed by atoms with Gasteiger partial charge in [-0.25, -0.2) is 5.43 Å². The summed E-state index contributed by atoms with van der Waals surface area (Å²) in [5.41, 5.74) is 3.66. The van der Waals surface area contributed by atoms with Gasteiger partial charge in [0.1, 0.15) is 5.75 Å². The van der Waals surface area contributed by atoms with E-state index in [4.69, 9.17) is 11.6 Å². The second-order valence-electron chi connectivity index (χ2n) is 4.80. The molecule has 120 valence electrons. The van der Waals surface area contributed by atoms with Crippen LogP contribution < -0.4 is 5.43 Å². The Hall–Kier alpha value is -1.98. The topological polar surface area (TPSA) is 61.7 Å². The highest BCUT2D eigenvalue weighted by Crippen LogP contribution is 2.21. The number of hydrogen-bond acceptors (Lipinski definition) is 4. The SMILES string of the molecule is C/C(=N/NC(=O)CCSc1ccc(Cl)cc1)c1ccccc1O. The predicted molar refractivity (Wildman–Crippen MR) is 95.3 cm³/mol. The van der Waals surface area contributed by atoms with Crippen LogP contribution in [0.25, 0.3) is 0 Å². The lowest BCUT2D eigenvalue weighted by molar-refractivity contribution is -0.120. The Kier molecular flexibility index (Phi) is 6.50. The molecule has 4 nitrogen and oxygen atoms in total. The normalized spacial score (nSPS) is 11.3. The fourth-order valence-corrected chi connectivity index (χ4v) is 2.81. The van der Waals surface area contributed by atoms with Crippen LogP contribution in [-0.4, -0.2) is 22.5 Å². The van der Waals surface area contributed by atoms with Gasteiger partial charge in [0.15, 0.2) is 0 Å². The number of hydrogen-bond donors (Lipinski definition) is 2. The lowest BCUT2D eigenvalue weighted by Gasteiger charge is -2.05. The molecule has 0 spiro atoms. The van der Waals surface area contributed by atoms with Gasteiger partial charge in [-0.15, -0.1) is 11.8 Å². The summed E-state index contributed by atoms with van der Waals surface area (Å²) in [6.45, 7) is 1.73. The number of benzene rings is 2. The Bertz CT molecular complexity index is 702. The summed E-state index contributed by atoms with van der Waals surface area (Å²) in [7, 11) is 0. The highest BCUT2D eigenvalue weighted by atomic mass is 35.5. The molecule has 6 heteroatoms. The van der Waals surface area contributed by atoms with E-state index in [1.54, 1.807) is 43.0 Å². The van der Waals surface area contributed by atoms with Crippen LogP contribution in [0.3, 0.4) is 0 Å². The Morgan fingerprint density at radius 1 is 1.22 bits per heavy atom. The molecule has 0 bridgehead atoms. The van der Waals surface area contributed by atoms with Crippen molar-refractivity contribution in [3.05, 3.63) is 59.1 Å². The quantitative estimate of drug-likeness (QED) is 0.470. The van der Waals surface area contributed by atoms with Gasteiger partial charge in [0.25, 0.3) is 0 Å². The molecule has 0 saturated heterocycles. The van der Waals surface area contributed by atoms with Crippen molar-refractivity contribution in [1.82, 2.24) is 5.43 Å². The molecule has 1 amide bonds. The monoisotopic (exact) mass is 348 g/mol. The third-order valence-electron chi connectivity index (χ3n) is 3.05. The van der Waals surface area contributed by atoms with Gasteiger partial charge in [-0.3, -0.25) is 4.79 Å². The number of para-hydroxylation sites is 1. The van der Waals surface area contributed by atoms with E-state index in [1.165, 1.54) is 0 Å². The van der Waals surface area contributed by atoms with Crippen LogP contribution in [0.5, 0.6) is 5.75 Å². The van der Waals surface area contributed by atoms with Crippen molar-refractivity contribution in [2.24, 2.45) is 5.10 Å². The van der Waals surface area contributed by atoms with Crippen molar-refractivity contribution < 1.29 is 9.90 Å². The summed E-state index contributed by atoms with van der Waals surface area (Å²) in [4.78, 5) is 12.9. The maximum Gasteiger partial charge on any atom is 0.240 e. The van der Waals surface area contributed by atoms with Gasteiger partial charge in [0, 0.05) is 27.7 Å².